The van der Waals surface area contributed by atoms with Crippen LogP contribution >= 0.6 is 0 Å². The van der Waals surface area contributed by atoms with E-state index in [2.05, 4.69) is 18.0 Å². The van der Waals surface area contributed by atoms with E-state index >= 15 is 0 Å². The lowest BCUT2D eigenvalue weighted by Gasteiger charge is -2.55. The number of carbonyl (C=O) groups is 2. The van der Waals surface area contributed by atoms with E-state index in [1.807, 2.05) is 49.5 Å². The molecule has 0 bridgehead atoms. The second-order valence-corrected chi connectivity index (χ2v) is 9.34. The van der Waals surface area contributed by atoms with E-state index in [-0.39, 0.29) is 29.3 Å². The third-order valence-corrected chi connectivity index (χ3v) is 7.30. The van der Waals surface area contributed by atoms with Gasteiger partial charge in [0.05, 0.1) is 6.10 Å². The summed E-state index contributed by atoms with van der Waals surface area (Å²) in [5.74, 6) is 0.185. The number of ether oxygens (including phenoxy) is 1. The fourth-order valence-corrected chi connectivity index (χ4v) is 5.62. The SMILES string of the molecule is CC(=O)Oc1cccc(C23CCN(C)CC2C(O)C[C@@H](N(C)C(=O)c2ccccc2)C3)c1. The lowest BCUT2D eigenvalue weighted by atomic mass is 9.57. The highest BCUT2D eigenvalue weighted by molar-refractivity contribution is 5.94. The third-order valence-electron chi connectivity index (χ3n) is 7.30. The molecule has 4 rings (SSSR count). The van der Waals surface area contributed by atoms with E-state index in [1.54, 1.807) is 11.0 Å². The van der Waals surface area contributed by atoms with Gasteiger partial charge in [-0.1, -0.05) is 30.3 Å². The summed E-state index contributed by atoms with van der Waals surface area (Å²) in [5, 5.41) is 11.3. The first kappa shape index (κ1) is 22.5. The highest BCUT2D eigenvalue weighted by Crippen LogP contribution is 2.50. The molecule has 1 aliphatic carbocycles. The summed E-state index contributed by atoms with van der Waals surface area (Å²) in [6.45, 7) is 3.10. The Kier molecular flexibility index (Phi) is 6.35. The summed E-state index contributed by atoms with van der Waals surface area (Å²) in [5.41, 5.74) is 1.43. The first-order valence-electron chi connectivity index (χ1n) is 11.3. The molecule has 3 unspecified atom stereocenters. The predicted octanol–water partition coefficient (Wildman–Crippen LogP) is 3.10. The van der Waals surface area contributed by atoms with Crippen LogP contribution in [0.15, 0.2) is 54.6 Å². The largest absolute Gasteiger partial charge is 0.427 e. The van der Waals surface area contributed by atoms with Gasteiger partial charge >= 0.3 is 5.97 Å². The number of hydrogen-bond acceptors (Lipinski definition) is 5. The molecule has 2 aromatic rings. The maximum Gasteiger partial charge on any atom is 0.308 e. The number of fused-ring (bicyclic) bond motifs is 1. The minimum atomic E-state index is -0.528. The van der Waals surface area contributed by atoms with Crippen LogP contribution in [-0.4, -0.2) is 66.1 Å². The molecule has 2 aromatic carbocycles. The molecule has 6 nitrogen and oxygen atoms in total. The molecule has 1 N–H and O–H groups in total. The quantitative estimate of drug-likeness (QED) is 0.589. The first-order valence-corrected chi connectivity index (χ1v) is 11.3. The van der Waals surface area contributed by atoms with Crippen LogP contribution in [0.25, 0.3) is 0 Å². The first-order chi connectivity index (χ1) is 15.3. The summed E-state index contributed by atoms with van der Waals surface area (Å²) >= 11 is 0. The van der Waals surface area contributed by atoms with Gasteiger partial charge in [-0.25, -0.2) is 0 Å². The van der Waals surface area contributed by atoms with Crippen molar-refractivity contribution in [1.82, 2.24) is 9.80 Å². The molecule has 2 aliphatic rings. The monoisotopic (exact) mass is 436 g/mol. The Labute approximate surface area is 189 Å². The van der Waals surface area contributed by atoms with Crippen molar-refractivity contribution in [3.63, 3.8) is 0 Å². The van der Waals surface area contributed by atoms with E-state index in [0.29, 0.717) is 17.7 Å². The minimum absolute atomic E-state index is 0.0296. The van der Waals surface area contributed by atoms with Gasteiger partial charge in [0.25, 0.3) is 5.91 Å². The molecular formula is C26H32N2O4. The molecule has 6 heteroatoms. The molecule has 1 heterocycles. The average molecular weight is 437 g/mol. The van der Waals surface area contributed by atoms with Crippen molar-refractivity contribution < 1.29 is 19.4 Å². The number of hydrogen-bond donors (Lipinski definition) is 1. The normalized spacial score (nSPS) is 27.9. The Balaban J connectivity index is 1.69. The third kappa shape index (κ3) is 4.30. The van der Waals surface area contributed by atoms with Gasteiger partial charge in [-0.05, 0) is 62.7 Å². The summed E-state index contributed by atoms with van der Waals surface area (Å²) in [7, 11) is 3.92. The number of carbonyl (C=O) groups excluding carboxylic acids is 2. The molecule has 0 spiro atoms. The van der Waals surface area contributed by atoms with Gasteiger partial charge in [0.1, 0.15) is 5.75 Å². The summed E-state index contributed by atoms with van der Waals surface area (Å²) in [6, 6.07) is 16.9. The van der Waals surface area contributed by atoms with E-state index in [9.17, 15) is 14.7 Å². The van der Waals surface area contributed by atoms with Crippen molar-refractivity contribution in [2.75, 3.05) is 27.2 Å². The molecule has 0 aromatic heterocycles. The van der Waals surface area contributed by atoms with Gasteiger partial charge in [0, 0.05) is 43.5 Å². The summed E-state index contributed by atoms with van der Waals surface area (Å²) in [4.78, 5) is 28.7. The number of rotatable bonds is 4. The van der Waals surface area contributed by atoms with Gasteiger partial charge in [0.2, 0.25) is 0 Å². The van der Waals surface area contributed by atoms with Crippen LogP contribution in [0.1, 0.15) is 42.1 Å². The lowest BCUT2D eigenvalue weighted by Crippen LogP contribution is -2.60. The van der Waals surface area contributed by atoms with E-state index < -0.39 is 6.10 Å². The molecule has 4 atom stereocenters. The molecule has 32 heavy (non-hydrogen) atoms. The van der Waals surface area contributed by atoms with Crippen molar-refractivity contribution >= 4 is 11.9 Å². The fourth-order valence-electron chi connectivity index (χ4n) is 5.62. The van der Waals surface area contributed by atoms with Gasteiger partial charge in [-0.2, -0.15) is 0 Å². The second-order valence-electron chi connectivity index (χ2n) is 9.34. The molecule has 2 fully saturated rings. The lowest BCUT2D eigenvalue weighted by molar-refractivity contribution is -0.131. The highest BCUT2D eigenvalue weighted by atomic mass is 16.5. The van der Waals surface area contributed by atoms with Crippen LogP contribution in [0.5, 0.6) is 5.75 Å². The zero-order valence-corrected chi connectivity index (χ0v) is 19.0. The molecule has 170 valence electrons. The predicted molar refractivity (Wildman–Crippen MR) is 123 cm³/mol. The van der Waals surface area contributed by atoms with Crippen LogP contribution < -0.4 is 4.74 Å². The number of aliphatic hydroxyl groups excluding tert-OH is 1. The zero-order valence-electron chi connectivity index (χ0n) is 19.0. The maximum absolute atomic E-state index is 13.2. The van der Waals surface area contributed by atoms with E-state index in [4.69, 9.17) is 4.74 Å². The smallest absolute Gasteiger partial charge is 0.308 e. The van der Waals surface area contributed by atoms with Crippen LogP contribution in [0.3, 0.4) is 0 Å². The van der Waals surface area contributed by atoms with Gasteiger partial charge in [-0.3, -0.25) is 9.59 Å². The van der Waals surface area contributed by atoms with Gasteiger partial charge < -0.3 is 19.6 Å². The number of amides is 1. The van der Waals surface area contributed by atoms with Crippen LogP contribution in [-0.2, 0) is 10.2 Å². The van der Waals surface area contributed by atoms with Gasteiger partial charge in [0.15, 0.2) is 0 Å². The molecule has 1 saturated heterocycles. The average Bonchev–Trinajstić information content (AvgIpc) is 2.79. The highest BCUT2D eigenvalue weighted by Gasteiger charge is 2.52. The second kappa shape index (κ2) is 9.04. The van der Waals surface area contributed by atoms with E-state index in [1.165, 1.54) is 6.92 Å². The van der Waals surface area contributed by atoms with Crippen molar-refractivity contribution in [2.45, 2.75) is 43.7 Å². The van der Waals surface area contributed by atoms with Crippen molar-refractivity contribution in [2.24, 2.45) is 5.92 Å². The number of benzene rings is 2. The Morgan fingerprint density at radius 1 is 1.16 bits per heavy atom. The number of esters is 1. The van der Waals surface area contributed by atoms with Crippen LogP contribution in [0, 0.1) is 5.92 Å². The standard InChI is InChI=1S/C26H32N2O4/c1-18(29)32-22-11-7-10-20(14-22)26-12-13-27(2)17-23(26)24(30)15-21(16-26)28(3)25(31)19-8-5-4-6-9-19/h4-11,14,21,23-24,30H,12-13,15-17H2,1-3H3/t21-,23?,24?,26?/m1/s1. The molecular weight excluding hydrogens is 404 g/mol. The van der Waals surface area contributed by atoms with E-state index in [0.717, 1.165) is 31.5 Å². The molecule has 1 aliphatic heterocycles. The number of aliphatic hydroxyl groups is 1. The van der Waals surface area contributed by atoms with Crippen molar-refractivity contribution in [3.05, 3.63) is 65.7 Å². The molecule has 1 saturated carbocycles. The Morgan fingerprint density at radius 2 is 1.91 bits per heavy atom. The number of piperidine rings is 1. The number of nitrogens with zero attached hydrogens (tertiary/aromatic N) is 2. The summed E-state index contributed by atoms with van der Waals surface area (Å²) in [6.07, 6.45) is 1.67. The maximum atomic E-state index is 13.2. The Bertz CT molecular complexity index is 979. The summed E-state index contributed by atoms with van der Waals surface area (Å²) < 4.78 is 5.36. The van der Waals surface area contributed by atoms with Crippen molar-refractivity contribution in [1.29, 1.82) is 0 Å². The van der Waals surface area contributed by atoms with Crippen molar-refractivity contribution in [3.8, 4) is 5.75 Å². The van der Waals surface area contributed by atoms with Crippen LogP contribution in [0.2, 0.25) is 0 Å². The Morgan fingerprint density at radius 3 is 2.62 bits per heavy atom. The zero-order chi connectivity index (χ0) is 22.9. The fraction of sp³-hybridized carbons (Fsp3) is 0.462. The Hall–Kier alpha value is -2.70. The number of likely N-dealkylation sites (tertiary alicyclic amines) is 1. The van der Waals surface area contributed by atoms with Gasteiger partial charge in [-0.15, -0.1) is 0 Å². The molecule has 0 radical (unpaired) electrons. The molecule has 1 amide bonds. The minimum Gasteiger partial charge on any atom is -0.427 e. The van der Waals surface area contributed by atoms with Crippen LogP contribution in [0.4, 0.5) is 0 Å². The topological polar surface area (TPSA) is 70.1 Å².